The van der Waals surface area contributed by atoms with Crippen LogP contribution in [0.1, 0.15) is 24.2 Å². The molecule has 1 aromatic heterocycles. The lowest BCUT2D eigenvalue weighted by Gasteiger charge is -2.08. The Balaban J connectivity index is 2.15. The fraction of sp³-hybridized carbons (Fsp3) is 0.286. The number of H-pyrrole nitrogens is 1. The molecule has 0 atom stereocenters. The minimum Gasteiger partial charge on any atom is -0.352 e. The first-order chi connectivity index (χ1) is 8.66. The van der Waals surface area contributed by atoms with Crippen LogP contribution in [-0.4, -0.2) is 22.6 Å². The lowest BCUT2D eigenvalue weighted by atomic mass is 10.1. The average molecular weight is 243 g/mol. The van der Waals surface area contributed by atoms with E-state index in [2.05, 4.69) is 29.4 Å². The van der Waals surface area contributed by atoms with E-state index in [1.54, 1.807) is 6.20 Å². The number of aromatic nitrogens is 2. The van der Waals surface area contributed by atoms with Crippen LogP contribution in [0.2, 0.25) is 0 Å². The van der Waals surface area contributed by atoms with Gasteiger partial charge in [-0.25, -0.2) is 0 Å². The van der Waals surface area contributed by atoms with E-state index in [1.165, 1.54) is 0 Å². The molecule has 0 unspecified atom stereocenters. The van der Waals surface area contributed by atoms with E-state index < -0.39 is 0 Å². The Bertz CT molecular complexity index is 518. The summed E-state index contributed by atoms with van der Waals surface area (Å²) in [4.78, 5) is 11.9. The van der Waals surface area contributed by atoms with Gasteiger partial charge in [0.1, 0.15) is 0 Å². The molecule has 0 aliphatic rings. The maximum absolute atomic E-state index is 11.9. The molecule has 0 radical (unpaired) electrons. The molecular formula is C14H17N3O. The van der Waals surface area contributed by atoms with Crippen LogP contribution in [0.25, 0.3) is 11.1 Å². The van der Waals surface area contributed by atoms with Crippen LogP contribution in [0.3, 0.4) is 0 Å². The van der Waals surface area contributed by atoms with Crippen molar-refractivity contribution < 1.29 is 4.79 Å². The Morgan fingerprint density at radius 2 is 2.22 bits per heavy atom. The van der Waals surface area contributed by atoms with Gasteiger partial charge in [0, 0.05) is 23.9 Å². The molecule has 18 heavy (non-hydrogen) atoms. The Morgan fingerprint density at radius 3 is 2.89 bits per heavy atom. The summed E-state index contributed by atoms with van der Waals surface area (Å²) in [6.07, 6.45) is 3.55. The number of aromatic amines is 1. The van der Waals surface area contributed by atoms with E-state index in [0.717, 1.165) is 11.1 Å². The molecule has 0 spiro atoms. The molecule has 4 nitrogen and oxygen atoms in total. The maximum Gasteiger partial charge on any atom is 0.251 e. The maximum atomic E-state index is 11.9. The van der Waals surface area contributed by atoms with Crippen LogP contribution in [-0.2, 0) is 0 Å². The van der Waals surface area contributed by atoms with Gasteiger partial charge in [-0.3, -0.25) is 9.89 Å². The Labute approximate surface area is 106 Å². The normalized spacial score (nSPS) is 10.6. The standard InChI is InChI=1S/C14H17N3O/c1-10(2)7-15-14(18)12-5-3-4-11(6-12)13-8-16-17-9-13/h3-6,8-10H,7H2,1-2H3,(H,15,18)(H,16,17). The summed E-state index contributed by atoms with van der Waals surface area (Å²) in [7, 11) is 0. The summed E-state index contributed by atoms with van der Waals surface area (Å²) in [6.45, 7) is 4.83. The van der Waals surface area contributed by atoms with Crippen molar-refractivity contribution in [3.63, 3.8) is 0 Å². The molecule has 2 N–H and O–H groups in total. The number of hydrogen-bond donors (Lipinski definition) is 2. The van der Waals surface area contributed by atoms with Crippen molar-refractivity contribution in [2.45, 2.75) is 13.8 Å². The van der Waals surface area contributed by atoms with Crippen LogP contribution in [0.15, 0.2) is 36.7 Å². The zero-order chi connectivity index (χ0) is 13.0. The molecule has 1 aromatic carbocycles. The number of hydrogen-bond acceptors (Lipinski definition) is 2. The molecule has 94 valence electrons. The molecule has 0 bridgehead atoms. The van der Waals surface area contributed by atoms with Crippen LogP contribution in [0.5, 0.6) is 0 Å². The van der Waals surface area contributed by atoms with Crippen LogP contribution in [0.4, 0.5) is 0 Å². The van der Waals surface area contributed by atoms with Gasteiger partial charge in [0.25, 0.3) is 5.91 Å². The first-order valence-electron chi connectivity index (χ1n) is 6.04. The summed E-state index contributed by atoms with van der Waals surface area (Å²) in [6, 6.07) is 7.54. The second-order valence-electron chi connectivity index (χ2n) is 4.67. The van der Waals surface area contributed by atoms with E-state index in [1.807, 2.05) is 30.5 Å². The molecule has 1 heterocycles. The molecule has 0 saturated carbocycles. The Morgan fingerprint density at radius 1 is 1.39 bits per heavy atom. The van der Waals surface area contributed by atoms with Crippen molar-refractivity contribution in [3.05, 3.63) is 42.2 Å². The highest BCUT2D eigenvalue weighted by atomic mass is 16.1. The molecule has 0 fully saturated rings. The molecule has 1 amide bonds. The molecule has 0 aliphatic carbocycles. The molecule has 2 rings (SSSR count). The first-order valence-corrected chi connectivity index (χ1v) is 6.04. The average Bonchev–Trinajstić information content (AvgIpc) is 2.90. The third kappa shape index (κ3) is 2.97. The molecular weight excluding hydrogens is 226 g/mol. The van der Waals surface area contributed by atoms with E-state index in [4.69, 9.17) is 0 Å². The molecule has 0 aliphatic heterocycles. The fourth-order valence-electron chi connectivity index (χ4n) is 1.65. The van der Waals surface area contributed by atoms with E-state index in [9.17, 15) is 4.79 Å². The van der Waals surface area contributed by atoms with Gasteiger partial charge >= 0.3 is 0 Å². The molecule has 4 heteroatoms. The summed E-state index contributed by atoms with van der Waals surface area (Å²) in [5, 5.41) is 9.58. The van der Waals surface area contributed by atoms with Gasteiger partial charge in [-0.05, 0) is 23.6 Å². The third-order valence-electron chi connectivity index (χ3n) is 2.63. The predicted molar refractivity (Wildman–Crippen MR) is 71.2 cm³/mol. The molecule has 2 aromatic rings. The van der Waals surface area contributed by atoms with Gasteiger partial charge in [0.15, 0.2) is 0 Å². The van der Waals surface area contributed by atoms with Crippen molar-refractivity contribution in [1.82, 2.24) is 15.5 Å². The number of amides is 1. The lowest BCUT2D eigenvalue weighted by molar-refractivity contribution is 0.0949. The highest BCUT2D eigenvalue weighted by molar-refractivity contribution is 5.95. The van der Waals surface area contributed by atoms with Crippen molar-refractivity contribution >= 4 is 5.91 Å². The van der Waals surface area contributed by atoms with Gasteiger partial charge in [0.05, 0.1) is 6.20 Å². The number of nitrogens with one attached hydrogen (secondary N) is 2. The van der Waals surface area contributed by atoms with Crippen LogP contribution < -0.4 is 5.32 Å². The predicted octanol–water partition coefficient (Wildman–Crippen LogP) is 2.46. The van der Waals surface area contributed by atoms with Crippen molar-refractivity contribution in [1.29, 1.82) is 0 Å². The summed E-state index contributed by atoms with van der Waals surface area (Å²) in [5.41, 5.74) is 2.64. The van der Waals surface area contributed by atoms with Crippen LogP contribution >= 0.6 is 0 Å². The van der Waals surface area contributed by atoms with Gasteiger partial charge in [-0.1, -0.05) is 26.0 Å². The second-order valence-corrected chi connectivity index (χ2v) is 4.67. The molecule has 0 saturated heterocycles. The topological polar surface area (TPSA) is 57.8 Å². The first kappa shape index (κ1) is 12.4. The number of nitrogens with zero attached hydrogens (tertiary/aromatic N) is 1. The zero-order valence-corrected chi connectivity index (χ0v) is 10.6. The largest absolute Gasteiger partial charge is 0.352 e. The zero-order valence-electron chi connectivity index (χ0n) is 10.6. The Kier molecular flexibility index (Phi) is 3.77. The smallest absolute Gasteiger partial charge is 0.251 e. The minimum absolute atomic E-state index is 0.0333. The minimum atomic E-state index is -0.0333. The van der Waals surface area contributed by atoms with E-state index in [-0.39, 0.29) is 5.91 Å². The summed E-state index contributed by atoms with van der Waals surface area (Å²) in [5.74, 6) is 0.417. The highest BCUT2D eigenvalue weighted by Gasteiger charge is 2.07. The van der Waals surface area contributed by atoms with Crippen molar-refractivity contribution in [2.24, 2.45) is 5.92 Å². The number of rotatable bonds is 4. The van der Waals surface area contributed by atoms with Gasteiger partial charge in [0.2, 0.25) is 0 Å². The Hall–Kier alpha value is -2.10. The fourth-order valence-corrected chi connectivity index (χ4v) is 1.65. The number of carbonyl (C=O) groups is 1. The summed E-state index contributed by atoms with van der Waals surface area (Å²) >= 11 is 0. The quantitative estimate of drug-likeness (QED) is 0.866. The number of carbonyl (C=O) groups excluding carboxylic acids is 1. The third-order valence-corrected chi connectivity index (χ3v) is 2.63. The lowest BCUT2D eigenvalue weighted by Crippen LogP contribution is -2.27. The van der Waals surface area contributed by atoms with Gasteiger partial charge in [-0.2, -0.15) is 5.10 Å². The van der Waals surface area contributed by atoms with Crippen LogP contribution in [0, 0.1) is 5.92 Å². The van der Waals surface area contributed by atoms with Crippen molar-refractivity contribution in [3.8, 4) is 11.1 Å². The second kappa shape index (κ2) is 5.49. The summed E-state index contributed by atoms with van der Waals surface area (Å²) < 4.78 is 0. The van der Waals surface area contributed by atoms with Gasteiger partial charge in [-0.15, -0.1) is 0 Å². The van der Waals surface area contributed by atoms with E-state index in [0.29, 0.717) is 18.0 Å². The monoisotopic (exact) mass is 243 g/mol. The SMILES string of the molecule is CC(C)CNC(=O)c1cccc(-c2cn[nH]c2)c1. The van der Waals surface area contributed by atoms with Crippen molar-refractivity contribution in [2.75, 3.05) is 6.54 Å². The van der Waals surface area contributed by atoms with Gasteiger partial charge < -0.3 is 5.32 Å². The number of benzene rings is 1. The highest BCUT2D eigenvalue weighted by Crippen LogP contribution is 2.18. The van der Waals surface area contributed by atoms with E-state index >= 15 is 0 Å².